The van der Waals surface area contributed by atoms with Crippen LogP contribution in [-0.4, -0.2) is 14.1 Å². The van der Waals surface area contributed by atoms with Crippen molar-refractivity contribution in [3.8, 4) is 11.1 Å². The zero-order valence-corrected chi connectivity index (χ0v) is 15.7. The van der Waals surface area contributed by atoms with Gasteiger partial charge in [0.15, 0.2) is 0 Å². The highest BCUT2D eigenvalue weighted by Gasteiger charge is 2.20. The van der Waals surface area contributed by atoms with E-state index < -0.39 is 0 Å². The van der Waals surface area contributed by atoms with Crippen LogP contribution in [0.25, 0.3) is 22.0 Å². The first kappa shape index (κ1) is 16.5. The third-order valence-corrected chi connectivity index (χ3v) is 6.01. The number of aryl methyl sites for hydroxylation is 1. The summed E-state index contributed by atoms with van der Waals surface area (Å²) in [4.78, 5) is 1.26. The summed E-state index contributed by atoms with van der Waals surface area (Å²) in [6.45, 7) is 1.44. The van der Waals surface area contributed by atoms with Gasteiger partial charge in [0, 0.05) is 42.2 Å². The molecule has 4 aromatic rings. The average molecular weight is 375 g/mol. The third-order valence-electron chi connectivity index (χ3n) is 4.90. The number of nitrogens with zero attached hydrogens (tertiary/aromatic N) is 3. The van der Waals surface area contributed by atoms with E-state index >= 15 is 0 Å². The number of benzene rings is 3. The lowest BCUT2D eigenvalue weighted by Gasteiger charge is -2.14. The van der Waals surface area contributed by atoms with Gasteiger partial charge in [-0.3, -0.25) is 4.68 Å². The maximum Gasteiger partial charge on any atom is 0.128 e. The van der Waals surface area contributed by atoms with Crippen LogP contribution >= 0.6 is 11.9 Å². The van der Waals surface area contributed by atoms with Crippen LogP contribution in [0.15, 0.2) is 71.8 Å². The number of hydrogen-bond acceptors (Lipinski definition) is 3. The highest BCUT2D eigenvalue weighted by molar-refractivity contribution is 7.97. The van der Waals surface area contributed by atoms with Crippen LogP contribution in [0.3, 0.4) is 0 Å². The molecule has 0 radical (unpaired) electrons. The highest BCUT2D eigenvalue weighted by Crippen LogP contribution is 2.37. The smallest absolute Gasteiger partial charge is 0.128 e. The quantitative estimate of drug-likeness (QED) is 0.447. The third kappa shape index (κ3) is 3.13. The molecule has 1 aliphatic rings. The fourth-order valence-corrected chi connectivity index (χ4v) is 4.62. The maximum atomic E-state index is 14.8. The number of fused-ring (bicyclic) bond motifs is 2. The zero-order valence-electron chi connectivity index (χ0n) is 14.9. The lowest BCUT2D eigenvalue weighted by molar-refractivity contribution is 0.459. The SMILES string of the molecule is Cn1cc2cc(-c3ccc(CN4Cc5ccccc5S4)c(F)c3)ccc2n1. The molecule has 0 saturated heterocycles. The van der Waals surface area contributed by atoms with Crippen molar-refractivity contribution in [2.75, 3.05) is 0 Å². The van der Waals surface area contributed by atoms with Crippen LogP contribution in [0, 0.1) is 5.82 Å². The number of halogens is 1. The molecule has 3 aromatic carbocycles. The van der Waals surface area contributed by atoms with Gasteiger partial charge in [-0.15, -0.1) is 0 Å². The number of hydrogen-bond donors (Lipinski definition) is 0. The largest absolute Gasteiger partial charge is 0.275 e. The molecule has 0 fully saturated rings. The van der Waals surface area contributed by atoms with Crippen LogP contribution in [-0.2, 0) is 20.1 Å². The molecule has 2 heterocycles. The van der Waals surface area contributed by atoms with Gasteiger partial charge in [-0.1, -0.05) is 36.4 Å². The van der Waals surface area contributed by atoms with E-state index in [-0.39, 0.29) is 5.82 Å². The summed E-state index contributed by atoms with van der Waals surface area (Å²) in [7, 11) is 1.91. The molecule has 1 aliphatic heterocycles. The standard InChI is InChI=1S/C22H18FN3S/c1-25-12-19-10-15(8-9-21(19)24-25)16-6-7-17(20(23)11-16)13-26-14-18-4-2-3-5-22(18)27-26/h2-12H,13-14H2,1H3. The van der Waals surface area contributed by atoms with Crippen LogP contribution in [0.4, 0.5) is 4.39 Å². The molecular weight excluding hydrogens is 357 g/mol. The molecule has 0 unspecified atom stereocenters. The first-order chi connectivity index (χ1) is 13.2. The van der Waals surface area contributed by atoms with Gasteiger partial charge in [0.2, 0.25) is 0 Å². The monoisotopic (exact) mass is 375 g/mol. The van der Waals surface area contributed by atoms with Crippen molar-refractivity contribution >= 4 is 22.9 Å². The molecule has 0 aliphatic carbocycles. The van der Waals surface area contributed by atoms with Gasteiger partial charge in [0.1, 0.15) is 5.82 Å². The van der Waals surface area contributed by atoms with E-state index in [1.807, 2.05) is 43.6 Å². The Kier molecular flexibility index (Phi) is 3.99. The number of aromatic nitrogens is 2. The fourth-order valence-electron chi connectivity index (χ4n) is 3.55. The van der Waals surface area contributed by atoms with E-state index in [0.29, 0.717) is 6.54 Å². The van der Waals surface area contributed by atoms with Crippen molar-refractivity contribution in [3.63, 3.8) is 0 Å². The molecular formula is C22H18FN3S. The molecule has 134 valence electrons. The van der Waals surface area contributed by atoms with Gasteiger partial charge in [-0.05, 0) is 52.9 Å². The Morgan fingerprint density at radius 2 is 1.85 bits per heavy atom. The summed E-state index contributed by atoms with van der Waals surface area (Å²) in [5.41, 5.74) is 4.87. The minimum atomic E-state index is -0.157. The lowest BCUT2D eigenvalue weighted by Crippen LogP contribution is -2.10. The molecule has 0 spiro atoms. The van der Waals surface area contributed by atoms with Crippen molar-refractivity contribution in [2.24, 2.45) is 7.05 Å². The van der Waals surface area contributed by atoms with E-state index in [1.165, 1.54) is 10.5 Å². The van der Waals surface area contributed by atoms with Gasteiger partial charge in [-0.2, -0.15) is 5.10 Å². The van der Waals surface area contributed by atoms with Crippen molar-refractivity contribution in [1.29, 1.82) is 0 Å². The van der Waals surface area contributed by atoms with Crippen molar-refractivity contribution in [2.45, 2.75) is 18.0 Å². The van der Waals surface area contributed by atoms with E-state index in [9.17, 15) is 4.39 Å². The Hall–Kier alpha value is -2.63. The Labute approximate surface area is 161 Å². The predicted octanol–water partition coefficient (Wildman–Crippen LogP) is 5.40. The molecule has 1 aromatic heterocycles. The lowest BCUT2D eigenvalue weighted by atomic mass is 10.0. The summed E-state index contributed by atoms with van der Waals surface area (Å²) in [5, 5.41) is 5.45. The van der Waals surface area contributed by atoms with Gasteiger partial charge >= 0.3 is 0 Å². The van der Waals surface area contributed by atoms with E-state index in [4.69, 9.17) is 0 Å². The summed E-state index contributed by atoms with van der Waals surface area (Å²) in [6.07, 6.45) is 1.98. The topological polar surface area (TPSA) is 21.1 Å². The van der Waals surface area contributed by atoms with E-state index in [2.05, 4.69) is 33.7 Å². The maximum absolute atomic E-state index is 14.8. The molecule has 5 heteroatoms. The second-order valence-corrected chi connectivity index (χ2v) is 8.02. The van der Waals surface area contributed by atoms with Gasteiger partial charge in [0.05, 0.1) is 5.52 Å². The van der Waals surface area contributed by atoms with Crippen LogP contribution in [0.2, 0.25) is 0 Å². The van der Waals surface area contributed by atoms with Crippen LogP contribution in [0.5, 0.6) is 0 Å². The van der Waals surface area contributed by atoms with Crippen LogP contribution in [0.1, 0.15) is 11.1 Å². The Morgan fingerprint density at radius 1 is 1.04 bits per heavy atom. The molecule has 3 nitrogen and oxygen atoms in total. The van der Waals surface area contributed by atoms with Crippen molar-refractivity contribution < 1.29 is 4.39 Å². The molecule has 0 N–H and O–H groups in total. The van der Waals surface area contributed by atoms with Crippen molar-refractivity contribution in [1.82, 2.24) is 14.1 Å². The summed E-state index contributed by atoms with van der Waals surface area (Å²) in [6, 6.07) is 19.9. The van der Waals surface area contributed by atoms with Gasteiger partial charge < -0.3 is 0 Å². The molecule has 0 bridgehead atoms. The fraction of sp³-hybridized carbons (Fsp3) is 0.136. The van der Waals surface area contributed by atoms with Gasteiger partial charge in [-0.25, -0.2) is 8.70 Å². The Balaban J connectivity index is 1.39. The predicted molar refractivity (Wildman–Crippen MR) is 108 cm³/mol. The Bertz CT molecular complexity index is 1130. The second-order valence-electron chi connectivity index (χ2n) is 6.88. The minimum Gasteiger partial charge on any atom is -0.275 e. The Morgan fingerprint density at radius 3 is 2.70 bits per heavy atom. The van der Waals surface area contributed by atoms with Crippen LogP contribution < -0.4 is 0 Å². The molecule has 27 heavy (non-hydrogen) atoms. The number of rotatable bonds is 3. The first-order valence-electron chi connectivity index (χ1n) is 8.89. The second kappa shape index (κ2) is 6.51. The molecule has 0 atom stereocenters. The van der Waals surface area contributed by atoms with Crippen molar-refractivity contribution in [3.05, 3.63) is 83.8 Å². The summed E-state index contributed by atoms with van der Waals surface area (Å²) >= 11 is 1.70. The zero-order chi connectivity index (χ0) is 18.4. The summed E-state index contributed by atoms with van der Waals surface area (Å²) < 4.78 is 18.8. The van der Waals surface area contributed by atoms with E-state index in [0.717, 1.165) is 34.1 Å². The summed E-state index contributed by atoms with van der Waals surface area (Å²) in [5.74, 6) is -0.157. The molecule has 0 amide bonds. The average Bonchev–Trinajstić information content (AvgIpc) is 3.24. The van der Waals surface area contributed by atoms with E-state index in [1.54, 1.807) is 22.7 Å². The highest BCUT2D eigenvalue weighted by atomic mass is 32.2. The molecule has 5 rings (SSSR count). The molecule has 0 saturated carbocycles. The first-order valence-corrected chi connectivity index (χ1v) is 9.66. The van der Waals surface area contributed by atoms with Gasteiger partial charge in [0.25, 0.3) is 0 Å². The normalized spacial score (nSPS) is 14.0. The minimum absolute atomic E-state index is 0.157.